The van der Waals surface area contributed by atoms with Gasteiger partial charge in [-0.15, -0.1) is 0 Å². The van der Waals surface area contributed by atoms with Crippen LogP contribution in [0.25, 0.3) is 11.2 Å². The van der Waals surface area contributed by atoms with Gasteiger partial charge in [-0.1, -0.05) is 0 Å². The summed E-state index contributed by atoms with van der Waals surface area (Å²) in [5, 5.41) is 0. The third-order valence-corrected chi connectivity index (χ3v) is 5.97. The van der Waals surface area contributed by atoms with E-state index in [0.29, 0.717) is 17.7 Å². The fourth-order valence-electron chi connectivity index (χ4n) is 2.45. The van der Waals surface area contributed by atoms with E-state index in [4.69, 9.17) is 29.0 Å². The zero-order chi connectivity index (χ0) is 26.4. The van der Waals surface area contributed by atoms with Crippen LogP contribution in [0.4, 0.5) is 5.82 Å². The van der Waals surface area contributed by atoms with E-state index in [2.05, 4.69) is 15.0 Å². The number of ether oxygens (including phenoxy) is 3. The van der Waals surface area contributed by atoms with Gasteiger partial charge in [-0.3, -0.25) is 23.2 Å². The molecule has 196 valence electrons. The van der Waals surface area contributed by atoms with Gasteiger partial charge in [-0.25, -0.2) is 15.0 Å². The predicted octanol–water partition coefficient (Wildman–Crippen LogP) is 3.09. The van der Waals surface area contributed by atoms with Crippen molar-refractivity contribution >= 4 is 36.5 Å². The molecule has 0 aliphatic carbocycles. The van der Waals surface area contributed by atoms with Gasteiger partial charge in [0, 0.05) is 0 Å². The van der Waals surface area contributed by atoms with Crippen molar-refractivity contribution in [3.8, 4) is 0 Å². The number of esters is 2. The maximum Gasteiger partial charge on any atom is 0.361 e. The summed E-state index contributed by atoms with van der Waals surface area (Å²) in [6.07, 6.45) is 1.89. The number of nitrogens with zero attached hydrogens (tertiary/aromatic N) is 4. The van der Waals surface area contributed by atoms with Crippen molar-refractivity contribution in [3.63, 3.8) is 0 Å². The predicted molar refractivity (Wildman–Crippen MR) is 126 cm³/mol. The normalized spacial score (nSPS) is 13.6. The lowest BCUT2D eigenvalue weighted by atomic mass is 9.98. The highest BCUT2D eigenvalue weighted by Crippen LogP contribution is 2.48. The Kier molecular flexibility index (Phi) is 9.35. The summed E-state index contributed by atoms with van der Waals surface area (Å²) < 4.78 is 41.2. The van der Waals surface area contributed by atoms with Crippen molar-refractivity contribution in [1.82, 2.24) is 19.5 Å². The molecule has 14 heteroatoms. The summed E-state index contributed by atoms with van der Waals surface area (Å²) in [6.45, 7) is 10.8. The molecule has 35 heavy (non-hydrogen) atoms. The van der Waals surface area contributed by atoms with Crippen molar-refractivity contribution in [2.24, 2.45) is 10.8 Å². The Balaban J connectivity index is 2.01. The third kappa shape index (κ3) is 8.53. The van der Waals surface area contributed by atoms with Crippen molar-refractivity contribution in [2.45, 2.75) is 61.1 Å². The standard InChI is InChI=1S/C21H34N5O8P/c1-14(8-26-10-25-15-16(22)23-9-24-17(15)26)32-13-35(29,33-11-30-18(27)20(2,3)4)34-12-31-19(28)21(5,6)7/h9-10,14H,8,11-13H2,1-7H3,(H2,22,23,24)/t14-/m1/s1. The molecule has 0 spiro atoms. The van der Waals surface area contributed by atoms with E-state index in [0.717, 1.165) is 0 Å². The summed E-state index contributed by atoms with van der Waals surface area (Å²) in [7, 11) is -3.98. The van der Waals surface area contributed by atoms with E-state index in [-0.39, 0.29) is 5.82 Å². The van der Waals surface area contributed by atoms with Crippen LogP contribution >= 0.6 is 7.60 Å². The number of nitrogens with two attached hydrogens (primary N) is 1. The highest BCUT2D eigenvalue weighted by Gasteiger charge is 2.31. The summed E-state index contributed by atoms with van der Waals surface area (Å²) in [4.78, 5) is 36.2. The number of hydrogen-bond acceptors (Lipinski definition) is 12. The monoisotopic (exact) mass is 515 g/mol. The van der Waals surface area contributed by atoms with E-state index in [1.165, 1.54) is 6.33 Å². The molecule has 0 saturated heterocycles. The topological polar surface area (TPSA) is 167 Å². The summed E-state index contributed by atoms with van der Waals surface area (Å²) in [5.41, 5.74) is 5.23. The number of hydrogen-bond donors (Lipinski definition) is 1. The lowest BCUT2D eigenvalue weighted by Gasteiger charge is -2.23. The van der Waals surface area contributed by atoms with Gasteiger partial charge in [0.15, 0.2) is 11.5 Å². The Bertz CT molecular complexity index is 1040. The largest absolute Gasteiger partial charge is 0.438 e. The van der Waals surface area contributed by atoms with E-state index in [9.17, 15) is 14.2 Å². The second-order valence-corrected chi connectivity index (χ2v) is 11.9. The van der Waals surface area contributed by atoms with E-state index < -0.39 is 56.4 Å². The van der Waals surface area contributed by atoms with Gasteiger partial charge >= 0.3 is 19.5 Å². The van der Waals surface area contributed by atoms with Gasteiger partial charge in [-0.2, -0.15) is 0 Å². The lowest BCUT2D eigenvalue weighted by molar-refractivity contribution is -0.162. The van der Waals surface area contributed by atoms with Gasteiger partial charge < -0.3 is 24.5 Å². The van der Waals surface area contributed by atoms with Crippen LogP contribution in [0.2, 0.25) is 0 Å². The van der Waals surface area contributed by atoms with Crippen molar-refractivity contribution in [2.75, 3.05) is 25.7 Å². The number of carbonyl (C=O) groups excluding carboxylic acids is 2. The van der Waals surface area contributed by atoms with Crippen LogP contribution in [0.15, 0.2) is 12.7 Å². The molecule has 0 aromatic carbocycles. The van der Waals surface area contributed by atoms with E-state index in [1.807, 2.05) is 0 Å². The minimum Gasteiger partial charge on any atom is -0.438 e. The Morgan fingerprint density at radius 3 is 2.06 bits per heavy atom. The number of anilines is 1. The molecule has 0 aliphatic rings. The number of carbonyl (C=O) groups is 2. The molecular weight excluding hydrogens is 481 g/mol. The maximum absolute atomic E-state index is 13.2. The summed E-state index contributed by atoms with van der Waals surface area (Å²) in [5.74, 6) is -0.847. The molecule has 0 fully saturated rings. The fourth-order valence-corrected chi connectivity index (χ4v) is 3.53. The molecule has 0 unspecified atom stereocenters. The van der Waals surface area contributed by atoms with Gasteiger partial charge in [0.1, 0.15) is 18.2 Å². The minimum atomic E-state index is -3.98. The smallest absolute Gasteiger partial charge is 0.361 e. The highest BCUT2D eigenvalue weighted by molar-refractivity contribution is 7.53. The maximum atomic E-state index is 13.2. The Morgan fingerprint density at radius 1 is 1.00 bits per heavy atom. The Labute approximate surface area is 204 Å². The summed E-state index contributed by atoms with van der Waals surface area (Å²) in [6, 6.07) is 0. The van der Waals surface area contributed by atoms with E-state index >= 15 is 0 Å². The molecule has 1 atom stereocenters. The zero-order valence-corrected chi connectivity index (χ0v) is 22.0. The van der Waals surface area contributed by atoms with Crippen molar-refractivity contribution in [1.29, 1.82) is 0 Å². The molecule has 2 heterocycles. The number of nitrogen functional groups attached to an aromatic ring is 1. The van der Waals surface area contributed by atoms with Crippen LogP contribution in [0, 0.1) is 10.8 Å². The van der Waals surface area contributed by atoms with Crippen LogP contribution in [-0.2, 0) is 44.0 Å². The number of fused-ring (bicyclic) bond motifs is 1. The molecule has 2 N–H and O–H groups in total. The van der Waals surface area contributed by atoms with Gasteiger partial charge in [-0.05, 0) is 48.5 Å². The third-order valence-electron chi connectivity index (χ3n) is 4.50. The van der Waals surface area contributed by atoms with Gasteiger partial charge in [0.05, 0.1) is 29.8 Å². The van der Waals surface area contributed by atoms with Crippen LogP contribution in [0.5, 0.6) is 0 Å². The molecule has 13 nitrogen and oxygen atoms in total. The SMILES string of the molecule is C[C@H](Cn1cnc2c(N)ncnc21)OCP(=O)(OCOC(=O)C(C)(C)C)OCOC(=O)C(C)(C)C. The van der Waals surface area contributed by atoms with Crippen LogP contribution in [0.1, 0.15) is 48.5 Å². The van der Waals surface area contributed by atoms with Crippen molar-refractivity contribution < 1.29 is 37.4 Å². The number of rotatable bonds is 11. The second-order valence-electron chi connectivity index (χ2n) is 9.90. The lowest BCUT2D eigenvalue weighted by Crippen LogP contribution is -2.25. The minimum absolute atomic E-state index is 0.253. The van der Waals surface area contributed by atoms with Crippen LogP contribution in [0.3, 0.4) is 0 Å². The molecular formula is C21H34N5O8P. The second kappa shape index (κ2) is 11.4. The van der Waals surface area contributed by atoms with Crippen molar-refractivity contribution in [3.05, 3.63) is 12.7 Å². The summed E-state index contributed by atoms with van der Waals surface area (Å²) >= 11 is 0. The van der Waals surface area contributed by atoms with Gasteiger partial charge in [0.25, 0.3) is 0 Å². The highest BCUT2D eigenvalue weighted by atomic mass is 31.2. The first-order valence-corrected chi connectivity index (χ1v) is 12.6. The molecule has 0 bridgehead atoms. The fraction of sp³-hybridized carbons (Fsp3) is 0.667. The average molecular weight is 516 g/mol. The quantitative estimate of drug-likeness (QED) is 0.264. The first-order chi connectivity index (χ1) is 16.1. The Morgan fingerprint density at radius 2 is 1.54 bits per heavy atom. The molecule has 0 radical (unpaired) electrons. The first kappa shape index (κ1) is 28.6. The molecule has 0 amide bonds. The van der Waals surface area contributed by atoms with Crippen LogP contribution < -0.4 is 5.73 Å². The average Bonchev–Trinajstić information content (AvgIpc) is 3.15. The number of aromatic nitrogens is 4. The molecule has 0 aliphatic heterocycles. The van der Waals surface area contributed by atoms with Crippen LogP contribution in [-0.4, -0.2) is 57.5 Å². The molecule has 2 aromatic rings. The number of imidazole rings is 1. The zero-order valence-electron chi connectivity index (χ0n) is 21.1. The van der Waals surface area contributed by atoms with E-state index in [1.54, 1.807) is 59.4 Å². The molecule has 2 rings (SSSR count). The molecule has 0 saturated carbocycles. The Hall–Kier alpha value is -2.60. The molecule has 2 aromatic heterocycles. The first-order valence-electron chi connectivity index (χ1n) is 10.9. The van der Waals surface area contributed by atoms with Gasteiger partial charge in [0.2, 0.25) is 13.6 Å².